The number of nitrogens with zero attached hydrogens (tertiary/aromatic N) is 1. The predicted molar refractivity (Wildman–Crippen MR) is 102 cm³/mol. The lowest BCUT2D eigenvalue weighted by Crippen LogP contribution is -2.32. The van der Waals surface area contributed by atoms with E-state index in [9.17, 15) is 9.59 Å². The first-order chi connectivity index (χ1) is 13.1. The van der Waals surface area contributed by atoms with Gasteiger partial charge in [0.15, 0.2) is 0 Å². The molecule has 0 radical (unpaired) electrons. The van der Waals surface area contributed by atoms with Crippen LogP contribution in [-0.4, -0.2) is 49.3 Å². The van der Waals surface area contributed by atoms with Crippen LogP contribution < -0.4 is 0 Å². The highest BCUT2D eigenvalue weighted by Crippen LogP contribution is 2.39. The van der Waals surface area contributed by atoms with Gasteiger partial charge < -0.3 is 19.1 Å². The van der Waals surface area contributed by atoms with Crippen molar-refractivity contribution < 1.29 is 23.8 Å². The van der Waals surface area contributed by atoms with Gasteiger partial charge in [0, 0.05) is 30.4 Å². The molecule has 0 N–H and O–H groups in total. The Labute approximate surface area is 163 Å². The fourth-order valence-corrected chi connectivity index (χ4v) is 4.23. The third kappa shape index (κ3) is 4.59. The average Bonchev–Trinajstić information content (AvgIpc) is 3.35. The van der Waals surface area contributed by atoms with Gasteiger partial charge in [0.2, 0.25) is 0 Å². The van der Waals surface area contributed by atoms with Crippen molar-refractivity contribution in [2.24, 2.45) is 0 Å². The Morgan fingerprint density at radius 3 is 2.33 bits per heavy atom. The molecule has 0 aromatic carbocycles. The third-order valence-corrected chi connectivity index (χ3v) is 5.46. The highest BCUT2D eigenvalue weighted by molar-refractivity contribution is 7.10. The second kappa shape index (κ2) is 9.19. The van der Waals surface area contributed by atoms with Gasteiger partial charge in [-0.1, -0.05) is 6.07 Å². The van der Waals surface area contributed by atoms with E-state index in [0.717, 1.165) is 24.3 Å². The predicted octanol–water partition coefficient (Wildman–Crippen LogP) is 3.22. The molecule has 3 heterocycles. The maximum Gasteiger partial charge on any atom is 0.336 e. The minimum Gasteiger partial charge on any atom is -0.463 e. The zero-order valence-electron chi connectivity index (χ0n) is 15.7. The van der Waals surface area contributed by atoms with Crippen molar-refractivity contribution >= 4 is 23.3 Å². The smallest absolute Gasteiger partial charge is 0.336 e. The van der Waals surface area contributed by atoms with Crippen LogP contribution in [0.5, 0.6) is 0 Å². The quantitative estimate of drug-likeness (QED) is 0.665. The van der Waals surface area contributed by atoms with Crippen molar-refractivity contribution in [2.75, 3.05) is 26.4 Å². The van der Waals surface area contributed by atoms with E-state index in [1.54, 1.807) is 26.2 Å². The molecule has 1 aromatic heterocycles. The lowest BCUT2D eigenvalue weighted by molar-refractivity contribution is -0.139. The Bertz CT molecular complexity index is 683. The summed E-state index contributed by atoms with van der Waals surface area (Å²) < 4.78 is 16.3. The summed E-state index contributed by atoms with van der Waals surface area (Å²) in [5, 5.41) is 1.93. The van der Waals surface area contributed by atoms with E-state index >= 15 is 0 Å². The molecule has 0 saturated carbocycles. The highest BCUT2D eigenvalue weighted by Gasteiger charge is 2.36. The summed E-state index contributed by atoms with van der Waals surface area (Å²) in [5.41, 5.74) is 0.894. The first-order valence-corrected chi connectivity index (χ1v) is 10.2. The molecular weight excluding hydrogens is 366 g/mol. The maximum absolute atomic E-state index is 12.7. The molecule has 27 heavy (non-hydrogen) atoms. The molecule has 1 saturated heterocycles. The molecule has 1 fully saturated rings. The molecule has 7 heteroatoms. The largest absolute Gasteiger partial charge is 0.463 e. The van der Waals surface area contributed by atoms with Crippen molar-refractivity contribution in [2.45, 2.75) is 38.7 Å². The van der Waals surface area contributed by atoms with E-state index in [-0.39, 0.29) is 19.3 Å². The van der Waals surface area contributed by atoms with Crippen molar-refractivity contribution in [1.29, 1.82) is 0 Å². The minimum absolute atomic E-state index is 0.0858. The Kier molecular flexibility index (Phi) is 6.68. The van der Waals surface area contributed by atoms with Crippen LogP contribution in [0.2, 0.25) is 0 Å². The van der Waals surface area contributed by atoms with Crippen LogP contribution in [0.1, 0.15) is 37.5 Å². The standard InChI is InChI=1S/C20H25NO5S/c1-3-24-19(22)15-12-21(11-14-7-5-9-26-14)13-16(20(23)25-4-2)18(15)17-8-6-10-27-17/h6,8,10,12-14,18H,3-5,7,9,11H2,1-2H3/t14-/m1/s1. The number of rotatable bonds is 7. The second-order valence-corrected chi connectivity index (χ2v) is 7.37. The molecule has 1 aromatic rings. The molecule has 6 nitrogen and oxygen atoms in total. The lowest BCUT2D eigenvalue weighted by Gasteiger charge is -2.30. The summed E-state index contributed by atoms with van der Waals surface area (Å²) >= 11 is 1.50. The number of carbonyl (C=O) groups is 2. The first kappa shape index (κ1) is 19.6. The Morgan fingerprint density at radius 2 is 1.85 bits per heavy atom. The third-order valence-electron chi connectivity index (χ3n) is 4.52. The molecule has 0 spiro atoms. The molecule has 146 valence electrons. The minimum atomic E-state index is -0.483. The normalized spacial score (nSPS) is 20.2. The van der Waals surface area contributed by atoms with Gasteiger partial charge in [-0.05, 0) is 38.1 Å². The van der Waals surface area contributed by atoms with Gasteiger partial charge in [-0.3, -0.25) is 0 Å². The second-order valence-electron chi connectivity index (χ2n) is 6.39. The summed E-state index contributed by atoms with van der Waals surface area (Å²) in [6, 6.07) is 3.83. The summed E-state index contributed by atoms with van der Waals surface area (Å²) in [6.07, 6.45) is 5.65. The number of hydrogen-bond acceptors (Lipinski definition) is 7. The fourth-order valence-electron chi connectivity index (χ4n) is 3.37. The van der Waals surface area contributed by atoms with Crippen LogP contribution in [-0.2, 0) is 23.8 Å². The summed E-state index contributed by atoms with van der Waals surface area (Å²) in [4.78, 5) is 28.1. The topological polar surface area (TPSA) is 65.1 Å². The van der Waals surface area contributed by atoms with E-state index in [1.807, 2.05) is 22.4 Å². The zero-order valence-corrected chi connectivity index (χ0v) is 16.5. The molecule has 0 unspecified atom stereocenters. The van der Waals surface area contributed by atoms with Crippen molar-refractivity contribution in [3.05, 3.63) is 45.9 Å². The van der Waals surface area contributed by atoms with Crippen LogP contribution in [0.4, 0.5) is 0 Å². The van der Waals surface area contributed by atoms with Crippen LogP contribution in [0.25, 0.3) is 0 Å². The number of ether oxygens (including phenoxy) is 3. The van der Waals surface area contributed by atoms with Crippen molar-refractivity contribution in [1.82, 2.24) is 4.90 Å². The van der Waals surface area contributed by atoms with Gasteiger partial charge in [-0.15, -0.1) is 11.3 Å². The van der Waals surface area contributed by atoms with E-state index in [2.05, 4.69) is 0 Å². The number of esters is 2. The van der Waals surface area contributed by atoms with Crippen molar-refractivity contribution in [3.63, 3.8) is 0 Å². The first-order valence-electron chi connectivity index (χ1n) is 9.32. The molecule has 0 amide bonds. The lowest BCUT2D eigenvalue weighted by atomic mass is 9.88. The molecule has 1 atom stereocenters. The number of carbonyl (C=O) groups excluding carboxylic acids is 2. The van der Waals surface area contributed by atoms with Crippen LogP contribution >= 0.6 is 11.3 Å². The number of thiophene rings is 1. The highest BCUT2D eigenvalue weighted by atomic mass is 32.1. The molecule has 0 aliphatic carbocycles. The molecule has 2 aliphatic heterocycles. The van der Waals surface area contributed by atoms with Gasteiger partial charge in [0.05, 0.1) is 36.4 Å². The number of hydrogen-bond donors (Lipinski definition) is 0. The van der Waals surface area contributed by atoms with Gasteiger partial charge in [-0.25, -0.2) is 9.59 Å². The average molecular weight is 391 g/mol. The fraction of sp³-hybridized carbons (Fsp3) is 0.500. The van der Waals surface area contributed by atoms with E-state index in [4.69, 9.17) is 14.2 Å². The summed E-state index contributed by atoms with van der Waals surface area (Å²) in [6.45, 7) is 5.43. The van der Waals surface area contributed by atoms with E-state index in [1.165, 1.54) is 11.3 Å². The SMILES string of the molecule is CCOC(=O)C1=CN(C[C@H]2CCCO2)C=C(C(=O)OCC)C1c1cccs1. The van der Waals surface area contributed by atoms with E-state index in [0.29, 0.717) is 17.7 Å². The molecule has 0 bridgehead atoms. The Hall–Kier alpha value is -2.12. The molecule has 2 aliphatic rings. The Balaban J connectivity index is 1.97. The van der Waals surface area contributed by atoms with E-state index < -0.39 is 17.9 Å². The maximum atomic E-state index is 12.7. The van der Waals surface area contributed by atoms with Crippen LogP contribution in [0, 0.1) is 0 Å². The van der Waals surface area contributed by atoms with Gasteiger partial charge in [0.1, 0.15) is 0 Å². The molecular formula is C20H25NO5S. The summed E-state index contributed by atoms with van der Waals surface area (Å²) in [7, 11) is 0. The molecule has 3 rings (SSSR count). The van der Waals surface area contributed by atoms with Crippen LogP contribution in [0.15, 0.2) is 41.1 Å². The van der Waals surface area contributed by atoms with Gasteiger partial charge >= 0.3 is 11.9 Å². The van der Waals surface area contributed by atoms with Crippen molar-refractivity contribution in [3.8, 4) is 0 Å². The summed E-state index contributed by atoms with van der Waals surface area (Å²) in [5.74, 6) is -1.31. The van der Waals surface area contributed by atoms with Gasteiger partial charge in [-0.2, -0.15) is 0 Å². The monoisotopic (exact) mass is 391 g/mol. The van der Waals surface area contributed by atoms with Crippen LogP contribution in [0.3, 0.4) is 0 Å². The van der Waals surface area contributed by atoms with Gasteiger partial charge in [0.25, 0.3) is 0 Å². The Morgan fingerprint density at radius 1 is 1.19 bits per heavy atom. The zero-order chi connectivity index (χ0) is 19.2.